The Kier molecular flexibility index (Phi) is 6.27. The molecule has 3 amide bonds. The van der Waals surface area contributed by atoms with E-state index >= 15 is 0 Å². The van der Waals surface area contributed by atoms with Crippen LogP contribution < -0.4 is 10.9 Å². The summed E-state index contributed by atoms with van der Waals surface area (Å²) >= 11 is 6.38. The van der Waals surface area contributed by atoms with Crippen molar-refractivity contribution in [3.8, 4) is 0 Å². The fourth-order valence-corrected chi connectivity index (χ4v) is 3.78. The highest BCUT2D eigenvalue weighted by atomic mass is 32.2. The van der Waals surface area contributed by atoms with E-state index in [2.05, 4.69) is 10.9 Å². The summed E-state index contributed by atoms with van der Waals surface area (Å²) in [6, 6.07) is 10.5. The smallest absolute Gasteiger partial charge is 0.269 e. The third kappa shape index (κ3) is 4.68. The van der Waals surface area contributed by atoms with Gasteiger partial charge in [0.2, 0.25) is 5.91 Å². The highest BCUT2D eigenvalue weighted by Crippen LogP contribution is 2.32. The Balaban J connectivity index is 1.50. The standard InChI is InChI=1S/C19H17N3O4S2/c1-12-5-2-3-7-14(12)17(24)21-20-16(23)8-9-22-18(25)15(28-19(22)27)11-13-6-4-10-26-13/h2-7,10-11H,8-9H2,1H3,(H,20,23)(H,21,24). The monoisotopic (exact) mass is 415 g/mol. The molecule has 1 aromatic heterocycles. The van der Waals surface area contributed by atoms with Gasteiger partial charge in [-0.15, -0.1) is 0 Å². The van der Waals surface area contributed by atoms with Gasteiger partial charge in [0.25, 0.3) is 11.8 Å². The lowest BCUT2D eigenvalue weighted by atomic mass is 10.1. The van der Waals surface area contributed by atoms with Gasteiger partial charge in [0.15, 0.2) is 0 Å². The van der Waals surface area contributed by atoms with Crippen molar-refractivity contribution >= 4 is 52.1 Å². The van der Waals surface area contributed by atoms with E-state index in [-0.39, 0.29) is 18.9 Å². The number of amides is 3. The number of nitrogens with zero attached hydrogens (tertiary/aromatic N) is 1. The SMILES string of the molecule is Cc1ccccc1C(=O)NNC(=O)CCN1C(=O)C(=Cc2ccco2)SC1=S. The number of rotatable bonds is 5. The van der Waals surface area contributed by atoms with Crippen molar-refractivity contribution < 1.29 is 18.8 Å². The maximum absolute atomic E-state index is 12.4. The first kappa shape index (κ1) is 19.8. The molecular weight excluding hydrogens is 398 g/mol. The summed E-state index contributed by atoms with van der Waals surface area (Å²) in [5, 5.41) is 0. The molecule has 1 fully saturated rings. The van der Waals surface area contributed by atoms with Crippen molar-refractivity contribution in [2.45, 2.75) is 13.3 Å². The van der Waals surface area contributed by atoms with E-state index in [4.69, 9.17) is 16.6 Å². The number of aryl methyl sites for hydroxylation is 1. The van der Waals surface area contributed by atoms with Crippen LogP contribution in [0.1, 0.15) is 28.1 Å². The molecule has 0 unspecified atom stereocenters. The minimum absolute atomic E-state index is 0.00543. The Morgan fingerprint density at radius 1 is 1.21 bits per heavy atom. The van der Waals surface area contributed by atoms with Gasteiger partial charge in [-0.25, -0.2) is 0 Å². The van der Waals surface area contributed by atoms with Crippen LogP contribution in [0, 0.1) is 6.92 Å². The number of furan rings is 1. The third-order valence-corrected chi connectivity index (χ3v) is 5.34. The second-order valence-electron chi connectivity index (χ2n) is 5.92. The summed E-state index contributed by atoms with van der Waals surface area (Å²) in [6.45, 7) is 1.92. The van der Waals surface area contributed by atoms with Gasteiger partial charge >= 0.3 is 0 Å². The fraction of sp³-hybridized carbons (Fsp3) is 0.158. The van der Waals surface area contributed by atoms with Crippen LogP contribution in [0.25, 0.3) is 6.08 Å². The first-order valence-corrected chi connectivity index (χ1v) is 9.62. The van der Waals surface area contributed by atoms with Crippen molar-refractivity contribution in [3.05, 3.63) is 64.5 Å². The molecule has 2 heterocycles. The number of carbonyl (C=O) groups is 3. The quantitative estimate of drug-likeness (QED) is 0.443. The average molecular weight is 415 g/mol. The Labute approximate surface area is 171 Å². The molecule has 3 rings (SSSR count). The summed E-state index contributed by atoms with van der Waals surface area (Å²) < 4.78 is 5.58. The molecule has 1 aromatic carbocycles. The molecule has 1 aliphatic heterocycles. The van der Waals surface area contributed by atoms with Crippen LogP contribution in [-0.4, -0.2) is 33.5 Å². The number of hydrogen-bond acceptors (Lipinski definition) is 6. The molecular formula is C19H17N3O4S2. The highest BCUT2D eigenvalue weighted by Gasteiger charge is 2.32. The second-order valence-corrected chi connectivity index (χ2v) is 7.59. The van der Waals surface area contributed by atoms with Crippen LogP contribution in [0.4, 0.5) is 0 Å². The van der Waals surface area contributed by atoms with Crippen molar-refractivity contribution in [3.63, 3.8) is 0 Å². The molecule has 9 heteroatoms. The van der Waals surface area contributed by atoms with Crippen molar-refractivity contribution in [1.82, 2.24) is 15.8 Å². The first-order chi connectivity index (χ1) is 13.5. The van der Waals surface area contributed by atoms with Gasteiger partial charge in [0, 0.05) is 24.6 Å². The van der Waals surface area contributed by atoms with E-state index in [0.29, 0.717) is 20.5 Å². The van der Waals surface area contributed by atoms with Crippen molar-refractivity contribution in [2.24, 2.45) is 0 Å². The van der Waals surface area contributed by atoms with E-state index in [1.165, 1.54) is 11.2 Å². The minimum Gasteiger partial charge on any atom is -0.465 e. The van der Waals surface area contributed by atoms with Gasteiger partial charge in [-0.1, -0.05) is 42.2 Å². The lowest BCUT2D eigenvalue weighted by molar-refractivity contribution is -0.124. The van der Waals surface area contributed by atoms with E-state index < -0.39 is 11.8 Å². The zero-order chi connectivity index (χ0) is 20.1. The summed E-state index contributed by atoms with van der Waals surface area (Å²) in [5.41, 5.74) is 6.00. The van der Waals surface area contributed by atoms with Crippen LogP contribution >= 0.6 is 24.0 Å². The van der Waals surface area contributed by atoms with Gasteiger partial charge in [0.1, 0.15) is 10.1 Å². The zero-order valence-electron chi connectivity index (χ0n) is 14.9. The number of benzene rings is 1. The summed E-state index contributed by atoms with van der Waals surface area (Å²) in [6.07, 6.45) is 3.12. The Morgan fingerprint density at radius 2 is 2.00 bits per heavy atom. The van der Waals surface area contributed by atoms with E-state index in [9.17, 15) is 14.4 Å². The number of thioether (sulfide) groups is 1. The maximum Gasteiger partial charge on any atom is 0.269 e. The lowest BCUT2D eigenvalue weighted by Gasteiger charge is -2.14. The van der Waals surface area contributed by atoms with Gasteiger partial charge < -0.3 is 4.42 Å². The van der Waals surface area contributed by atoms with Crippen molar-refractivity contribution in [2.75, 3.05) is 6.54 Å². The molecule has 1 saturated heterocycles. The third-order valence-electron chi connectivity index (χ3n) is 3.96. The van der Waals surface area contributed by atoms with E-state index in [1.807, 2.05) is 19.1 Å². The largest absolute Gasteiger partial charge is 0.465 e. The molecule has 1 aliphatic rings. The molecule has 2 aromatic rings. The van der Waals surface area contributed by atoms with Gasteiger partial charge in [0.05, 0.1) is 11.2 Å². The van der Waals surface area contributed by atoms with Crippen molar-refractivity contribution in [1.29, 1.82) is 0 Å². The maximum atomic E-state index is 12.4. The van der Waals surface area contributed by atoms with Gasteiger partial charge in [-0.3, -0.25) is 30.1 Å². The molecule has 0 radical (unpaired) electrons. The van der Waals surface area contributed by atoms with Crippen LogP contribution in [0.2, 0.25) is 0 Å². The molecule has 144 valence electrons. The molecule has 0 spiro atoms. The predicted octanol–water partition coefficient (Wildman–Crippen LogP) is 2.64. The number of nitrogens with one attached hydrogen (secondary N) is 2. The Morgan fingerprint density at radius 3 is 2.71 bits per heavy atom. The fourth-order valence-electron chi connectivity index (χ4n) is 2.49. The Hall–Kier alpha value is -2.91. The predicted molar refractivity (Wildman–Crippen MR) is 110 cm³/mol. The molecule has 0 atom stereocenters. The van der Waals surface area contributed by atoms with Crippen LogP contribution in [0.5, 0.6) is 0 Å². The number of carbonyl (C=O) groups excluding carboxylic acids is 3. The second kappa shape index (κ2) is 8.85. The number of thiocarbonyl (C=S) groups is 1. The molecule has 0 bridgehead atoms. The summed E-state index contributed by atoms with van der Waals surface area (Å²) in [4.78, 5) is 38.4. The first-order valence-electron chi connectivity index (χ1n) is 8.39. The Bertz CT molecular complexity index is 954. The number of hydrogen-bond donors (Lipinski definition) is 2. The molecule has 0 aliphatic carbocycles. The normalized spacial score (nSPS) is 15.2. The van der Waals surface area contributed by atoms with Crippen LogP contribution in [0.15, 0.2) is 52.0 Å². The molecule has 28 heavy (non-hydrogen) atoms. The molecule has 0 saturated carbocycles. The molecule has 2 N–H and O–H groups in total. The summed E-state index contributed by atoms with van der Waals surface area (Å²) in [7, 11) is 0. The lowest BCUT2D eigenvalue weighted by Crippen LogP contribution is -2.43. The minimum atomic E-state index is -0.425. The van der Waals surface area contributed by atoms with Crippen LogP contribution in [-0.2, 0) is 9.59 Å². The zero-order valence-corrected chi connectivity index (χ0v) is 16.6. The van der Waals surface area contributed by atoms with Gasteiger partial charge in [-0.2, -0.15) is 0 Å². The van der Waals surface area contributed by atoms with Crippen LogP contribution in [0.3, 0.4) is 0 Å². The topological polar surface area (TPSA) is 91.7 Å². The van der Waals surface area contributed by atoms with Gasteiger partial charge in [-0.05, 0) is 30.7 Å². The van der Waals surface area contributed by atoms with E-state index in [1.54, 1.807) is 30.3 Å². The highest BCUT2D eigenvalue weighted by molar-refractivity contribution is 8.26. The average Bonchev–Trinajstić information content (AvgIpc) is 3.27. The number of hydrazine groups is 1. The summed E-state index contributed by atoms with van der Waals surface area (Å²) in [5.74, 6) is -0.551. The van der Waals surface area contributed by atoms with E-state index in [0.717, 1.165) is 17.3 Å². The molecule has 7 nitrogen and oxygen atoms in total.